The molecule has 0 saturated carbocycles. The fraction of sp³-hybridized carbons (Fsp3) is 0.107. The van der Waals surface area contributed by atoms with Gasteiger partial charge in [0.15, 0.2) is 0 Å². The summed E-state index contributed by atoms with van der Waals surface area (Å²) in [6, 6.07) is 64.7. The zero-order valence-electron chi connectivity index (χ0n) is 35.3. The zero-order valence-corrected chi connectivity index (χ0v) is 37.7. The second-order valence-electron chi connectivity index (χ2n) is 16.4. The Balaban J connectivity index is 0.000000153. The van der Waals surface area contributed by atoms with E-state index >= 15 is 0 Å². The number of rotatable bonds is 6. The number of hydrogen-bond acceptors (Lipinski definition) is 4. The molecule has 4 aromatic heterocycles. The first-order valence-electron chi connectivity index (χ1n) is 21.2. The molecule has 0 fully saturated rings. The third kappa shape index (κ3) is 6.85. The van der Waals surface area contributed by atoms with Crippen LogP contribution in [0.1, 0.15) is 50.7 Å². The molecule has 0 aliphatic rings. The van der Waals surface area contributed by atoms with Crippen molar-refractivity contribution in [3.05, 3.63) is 193 Å². The summed E-state index contributed by atoms with van der Waals surface area (Å²) in [7, 11) is 0. The van der Waals surface area contributed by atoms with Crippen LogP contribution in [-0.2, 0) is 20.1 Å². The van der Waals surface area contributed by atoms with E-state index in [0.717, 1.165) is 94.4 Å². The summed E-state index contributed by atoms with van der Waals surface area (Å²) in [6.07, 6.45) is 0. The van der Waals surface area contributed by atoms with E-state index in [1.165, 1.54) is 16.8 Å². The van der Waals surface area contributed by atoms with Crippen molar-refractivity contribution in [1.82, 2.24) is 19.1 Å². The summed E-state index contributed by atoms with van der Waals surface area (Å²) in [6.45, 7) is 9.04. The maximum atomic E-state index is 6.34. The van der Waals surface area contributed by atoms with Crippen LogP contribution in [0.3, 0.4) is 0 Å². The predicted molar refractivity (Wildman–Crippen MR) is 253 cm³/mol. The van der Waals surface area contributed by atoms with E-state index in [0.29, 0.717) is 11.8 Å². The van der Waals surface area contributed by atoms with Gasteiger partial charge in [-0.15, -0.1) is 54.1 Å². The standard InChI is InChI=1S/C31H17N2O2.C25H25N2.Ir/c1-6-15-28-20(8-1)22-10-7-11-23(30(22)35-28)31-32-25-12-3-4-13-26(25)33(31)19-16-17-29-24(18-19)21-9-2-5-14-27(21)34-29;1-17(2)20-13-10-14-21(18(3)4)24(20)27-23-16-9-8-15-22(23)26-25(27)19-11-6-5-7-12-19;/h1-10,12-18H;5-11,13-18H,1-4H3;/q2*-1;. The topological polar surface area (TPSA) is 61.9 Å². The van der Waals surface area contributed by atoms with Gasteiger partial charge in [0, 0.05) is 47.6 Å². The van der Waals surface area contributed by atoms with Gasteiger partial charge in [0.1, 0.15) is 16.7 Å². The van der Waals surface area contributed by atoms with E-state index in [2.05, 4.69) is 134 Å². The average Bonchev–Trinajstić information content (AvgIpc) is 4.09. The van der Waals surface area contributed by atoms with Gasteiger partial charge < -0.3 is 18.0 Å². The van der Waals surface area contributed by atoms with E-state index in [4.69, 9.17) is 18.8 Å². The van der Waals surface area contributed by atoms with Gasteiger partial charge in [-0.1, -0.05) is 118 Å². The Kier molecular flexibility index (Phi) is 10.4. The monoisotopic (exact) mass is 995 g/mol. The van der Waals surface area contributed by atoms with Gasteiger partial charge in [0.05, 0.1) is 39.3 Å². The molecule has 0 amide bonds. The van der Waals surface area contributed by atoms with Crippen molar-refractivity contribution in [3.63, 3.8) is 0 Å². The molecule has 7 heteroatoms. The molecule has 12 rings (SSSR count). The minimum atomic E-state index is 0. The van der Waals surface area contributed by atoms with Crippen molar-refractivity contribution in [2.45, 2.75) is 39.5 Å². The third-order valence-electron chi connectivity index (χ3n) is 11.8. The molecule has 12 aromatic rings. The normalized spacial score (nSPS) is 11.7. The number of furan rings is 2. The minimum Gasteiger partial charge on any atom is -0.501 e. The van der Waals surface area contributed by atoms with E-state index in [1.807, 2.05) is 84.9 Å². The van der Waals surface area contributed by atoms with E-state index in [9.17, 15) is 0 Å². The van der Waals surface area contributed by atoms with Gasteiger partial charge in [-0.05, 0) is 77.6 Å². The Hall–Kier alpha value is -7.05. The molecule has 0 spiro atoms. The van der Waals surface area contributed by atoms with Crippen LogP contribution in [0, 0.1) is 12.1 Å². The molecule has 0 aliphatic carbocycles. The van der Waals surface area contributed by atoms with Gasteiger partial charge in [-0.25, -0.2) is 0 Å². The van der Waals surface area contributed by atoms with Crippen LogP contribution in [0.15, 0.2) is 179 Å². The number of hydrogen-bond donors (Lipinski definition) is 0. The van der Waals surface area contributed by atoms with Gasteiger partial charge in [0.2, 0.25) is 0 Å². The van der Waals surface area contributed by atoms with Crippen molar-refractivity contribution < 1.29 is 28.9 Å². The first kappa shape index (κ1) is 40.0. The quantitative estimate of drug-likeness (QED) is 0.156. The van der Waals surface area contributed by atoms with Crippen LogP contribution in [0.5, 0.6) is 0 Å². The molecule has 1 radical (unpaired) electrons. The molecule has 0 unspecified atom stereocenters. The number of benzene rings is 8. The molecule has 4 heterocycles. The summed E-state index contributed by atoms with van der Waals surface area (Å²) >= 11 is 0. The Morgan fingerprint density at radius 1 is 0.476 bits per heavy atom. The molecular weight excluding hydrogens is 953 g/mol. The van der Waals surface area contributed by atoms with Crippen LogP contribution in [-0.4, -0.2) is 19.1 Å². The Morgan fingerprint density at radius 2 is 1.06 bits per heavy atom. The van der Waals surface area contributed by atoms with Crippen molar-refractivity contribution in [1.29, 1.82) is 0 Å². The molecule has 6 nitrogen and oxygen atoms in total. The predicted octanol–water partition coefficient (Wildman–Crippen LogP) is 15.0. The molecule has 0 bridgehead atoms. The Bertz CT molecular complexity index is 3580. The molecule has 8 aromatic carbocycles. The SMILES string of the molecule is CC(C)c1cccc(C(C)C)c1-n1c(-c2[c-]cccc2)nc2ccccc21.[Ir].[c-]1ccc2c(oc3ccccc32)c1-c1nc2ccccc2n1-c1ccc2oc3ccccc3c2c1. The molecule has 63 heavy (non-hydrogen) atoms. The smallest absolute Gasteiger partial charge is 0.135 e. The minimum absolute atomic E-state index is 0. The molecule has 0 saturated heterocycles. The fourth-order valence-corrected chi connectivity index (χ4v) is 8.90. The van der Waals surface area contributed by atoms with Gasteiger partial charge in [0.25, 0.3) is 0 Å². The summed E-state index contributed by atoms with van der Waals surface area (Å²) in [5, 5.41) is 4.32. The number of fused-ring (bicyclic) bond motifs is 8. The summed E-state index contributed by atoms with van der Waals surface area (Å²) in [4.78, 5) is 10.0. The van der Waals surface area contributed by atoms with Crippen molar-refractivity contribution in [2.75, 3.05) is 0 Å². The second kappa shape index (κ2) is 16.3. The van der Waals surface area contributed by atoms with E-state index in [-0.39, 0.29) is 20.1 Å². The molecule has 0 aliphatic heterocycles. The second-order valence-corrected chi connectivity index (χ2v) is 16.4. The number of imidazole rings is 2. The summed E-state index contributed by atoms with van der Waals surface area (Å²) in [5.41, 5.74) is 14.3. The maximum Gasteiger partial charge on any atom is 0.135 e. The largest absolute Gasteiger partial charge is 0.501 e. The van der Waals surface area contributed by atoms with Crippen molar-refractivity contribution >= 4 is 65.9 Å². The maximum absolute atomic E-state index is 6.34. The van der Waals surface area contributed by atoms with Crippen molar-refractivity contribution in [2.24, 2.45) is 0 Å². The number of para-hydroxylation sites is 7. The average molecular weight is 995 g/mol. The van der Waals surface area contributed by atoms with Crippen LogP contribution in [0.25, 0.3) is 100 Å². The fourth-order valence-electron chi connectivity index (χ4n) is 8.90. The van der Waals surface area contributed by atoms with Gasteiger partial charge in [-0.3, -0.25) is 9.97 Å². The Labute approximate surface area is 378 Å². The first-order chi connectivity index (χ1) is 30.4. The van der Waals surface area contributed by atoms with Crippen LogP contribution >= 0.6 is 0 Å². The third-order valence-corrected chi connectivity index (χ3v) is 11.8. The van der Waals surface area contributed by atoms with Gasteiger partial charge >= 0.3 is 0 Å². The number of aromatic nitrogens is 4. The van der Waals surface area contributed by atoms with Crippen LogP contribution in [0.2, 0.25) is 0 Å². The zero-order chi connectivity index (χ0) is 41.9. The van der Waals surface area contributed by atoms with Gasteiger partial charge in [-0.2, -0.15) is 0 Å². The molecule has 0 atom stereocenters. The first-order valence-corrected chi connectivity index (χ1v) is 21.2. The molecular formula is C56H42IrN4O2-2. The van der Waals surface area contributed by atoms with E-state index < -0.39 is 0 Å². The van der Waals surface area contributed by atoms with Crippen molar-refractivity contribution in [3.8, 4) is 34.2 Å². The molecule has 309 valence electrons. The van der Waals surface area contributed by atoms with E-state index in [1.54, 1.807) is 0 Å². The Morgan fingerprint density at radius 3 is 1.75 bits per heavy atom. The van der Waals surface area contributed by atoms with Crippen LogP contribution < -0.4 is 0 Å². The summed E-state index contributed by atoms with van der Waals surface area (Å²) < 4.78 is 16.9. The summed E-state index contributed by atoms with van der Waals surface area (Å²) in [5.74, 6) is 2.59. The number of nitrogens with zero attached hydrogens (tertiary/aromatic N) is 4. The van der Waals surface area contributed by atoms with Crippen LogP contribution in [0.4, 0.5) is 0 Å². The molecule has 0 N–H and O–H groups in total.